The lowest BCUT2D eigenvalue weighted by Crippen LogP contribution is -2.35. The van der Waals surface area contributed by atoms with E-state index in [-0.39, 0.29) is 16.8 Å². The van der Waals surface area contributed by atoms with E-state index in [0.29, 0.717) is 11.8 Å². The van der Waals surface area contributed by atoms with Crippen molar-refractivity contribution in [2.45, 2.75) is 50.0 Å². The Kier molecular flexibility index (Phi) is 4.26. The molecule has 1 N–H and O–H groups in total. The van der Waals surface area contributed by atoms with E-state index in [4.69, 9.17) is 9.47 Å². The molecule has 1 amide bonds. The third kappa shape index (κ3) is 3.69. The zero-order chi connectivity index (χ0) is 15.7. The number of thioether (sulfide) groups is 1. The van der Waals surface area contributed by atoms with Gasteiger partial charge in [0, 0.05) is 23.3 Å². The number of amides is 1. The quantitative estimate of drug-likeness (QED) is 0.904. The van der Waals surface area contributed by atoms with Gasteiger partial charge in [-0.2, -0.15) is 0 Å². The van der Waals surface area contributed by atoms with Crippen LogP contribution in [-0.4, -0.2) is 30.4 Å². The average Bonchev–Trinajstić information content (AvgIpc) is 3.27. The molecule has 1 aromatic rings. The van der Waals surface area contributed by atoms with Gasteiger partial charge in [0.2, 0.25) is 5.91 Å². The second kappa shape index (κ2) is 6.03. The number of hydrogen-bond donors (Lipinski definition) is 1. The number of nitrogens with one attached hydrogen (secondary N) is 1. The van der Waals surface area contributed by atoms with Crippen LogP contribution in [-0.2, 0) is 4.79 Å². The molecule has 1 aliphatic heterocycles. The minimum Gasteiger partial charge on any atom is -0.497 e. The summed E-state index contributed by atoms with van der Waals surface area (Å²) in [6.07, 6.45) is 3.13. The highest BCUT2D eigenvalue weighted by Crippen LogP contribution is 2.47. The number of hydrogen-bond acceptors (Lipinski definition) is 4. The zero-order valence-electron chi connectivity index (χ0n) is 13.3. The first-order valence-corrected chi connectivity index (χ1v) is 8.80. The summed E-state index contributed by atoms with van der Waals surface area (Å²) in [6.45, 7) is 4.19. The van der Waals surface area contributed by atoms with Crippen molar-refractivity contribution in [1.29, 1.82) is 0 Å². The first kappa shape index (κ1) is 15.5. The Morgan fingerprint density at radius 1 is 1.45 bits per heavy atom. The van der Waals surface area contributed by atoms with Gasteiger partial charge in [-0.15, -0.1) is 11.8 Å². The van der Waals surface area contributed by atoms with Crippen LogP contribution in [0.1, 0.15) is 43.9 Å². The molecule has 0 saturated heterocycles. The molecule has 2 aliphatic rings. The number of carbonyl (C=O) groups is 1. The lowest BCUT2D eigenvalue weighted by molar-refractivity contribution is -0.118. The average molecular weight is 321 g/mol. The molecular formula is C17H23NO3S. The normalized spacial score (nSPS) is 22.4. The predicted octanol–water partition coefficient (Wildman–Crippen LogP) is 3.31. The summed E-state index contributed by atoms with van der Waals surface area (Å²) in [7, 11) is 1.67. The third-order valence-electron chi connectivity index (χ3n) is 3.99. The van der Waals surface area contributed by atoms with Gasteiger partial charge in [0.05, 0.1) is 12.9 Å². The maximum absolute atomic E-state index is 11.9. The van der Waals surface area contributed by atoms with Crippen molar-refractivity contribution in [2.24, 2.45) is 0 Å². The molecule has 120 valence electrons. The molecule has 1 unspecified atom stereocenters. The second-order valence-corrected chi connectivity index (χ2v) is 7.80. The molecule has 1 saturated carbocycles. The van der Waals surface area contributed by atoms with Gasteiger partial charge in [0.15, 0.2) is 0 Å². The summed E-state index contributed by atoms with van der Waals surface area (Å²) in [5.41, 5.74) is 0.912. The molecule has 0 aromatic heterocycles. The fourth-order valence-electron chi connectivity index (χ4n) is 2.72. The molecule has 5 heteroatoms. The van der Waals surface area contributed by atoms with Crippen LogP contribution in [0, 0.1) is 0 Å². The summed E-state index contributed by atoms with van der Waals surface area (Å²) in [5, 5.41) is 3.29. The van der Waals surface area contributed by atoms with Crippen LogP contribution in [0.3, 0.4) is 0 Å². The van der Waals surface area contributed by atoms with E-state index in [1.165, 1.54) is 0 Å². The van der Waals surface area contributed by atoms with Crippen molar-refractivity contribution < 1.29 is 14.3 Å². The van der Waals surface area contributed by atoms with E-state index < -0.39 is 0 Å². The van der Waals surface area contributed by atoms with Crippen LogP contribution in [0.25, 0.3) is 0 Å². The molecule has 1 aromatic carbocycles. The minimum absolute atomic E-state index is 0.140. The van der Waals surface area contributed by atoms with Crippen LogP contribution >= 0.6 is 11.8 Å². The minimum atomic E-state index is -0.216. The number of ether oxygens (including phenoxy) is 2. The predicted molar refractivity (Wildman–Crippen MR) is 88.7 cm³/mol. The van der Waals surface area contributed by atoms with Gasteiger partial charge in [-0.25, -0.2) is 0 Å². The monoisotopic (exact) mass is 321 g/mol. The standard InChI is InChI=1S/C17H23NO3S/c1-17(2)9-15(22-10-16(19)18-11-4-5-11)13-8-12(20-3)6-7-14(13)21-17/h6-8,11,15H,4-5,9-10H2,1-3H3,(H,18,19). The Morgan fingerprint density at radius 3 is 2.91 bits per heavy atom. The Balaban J connectivity index is 1.73. The van der Waals surface area contributed by atoms with Crippen LogP contribution < -0.4 is 14.8 Å². The summed E-state index contributed by atoms with van der Waals surface area (Å²) < 4.78 is 11.4. The second-order valence-electron chi connectivity index (χ2n) is 6.61. The van der Waals surface area contributed by atoms with Gasteiger partial charge in [-0.3, -0.25) is 4.79 Å². The Morgan fingerprint density at radius 2 is 2.23 bits per heavy atom. The highest BCUT2D eigenvalue weighted by atomic mass is 32.2. The molecule has 1 atom stereocenters. The number of carbonyl (C=O) groups excluding carboxylic acids is 1. The van der Waals surface area contributed by atoms with E-state index in [1.54, 1.807) is 18.9 Å². The van der Waals surface area contributed by atoms with Gasteiger partial charge in [0.1, 0.15) is 17.1 Å². The lowest BCUT2D eigenvalue weighted by atomic mass is 9.93. The topological polar surface area (TPSA) is 47.6 Å². The van der Waals surface area contributed by atoms with Gasteiger partial charge >= 0.3 is 0 Å². The maximum atomic E-state index is 11.9. The van der Waals surface area contributed by atoms with Crippen molar-refractivity contribution in [3.8, 4) is 11.5 Å². The summed E-state index contributed by atoms with van der Waals surface area (Å²) in [6, 6.07) is 6.34. The van der Waals surface area contributed by atoms with Gasteiger partial charge < -0.3 is 14.8 Å². The third-order valence-corrected chi connectivity index (χ3v) is 5.24. The number of rotatable bonds is 5. The molecule has 0 bridgehead atoms. The Hall–Kier alpha value is -1.36. The van der Waals surface area contributed by atoms with Crippen LogP contribution in [0.4, 0.5) is 0 Å². The van der Waals surface area contributed by atoms with Gasteiger partial charge in [-0.05, 0) is 44.9 Å². The van der Waals surface area contributed by atoms with E-state index in [0.717, 1.165) is 36.3 Å². The molecule has 1 heterocycles. The van der Waals surface area contributed by atoms with Crippen LogP contribution in [0.2, 0.25) is 0 Å². The Labute approximate surface area is 135 Å². The van der Waals surface area contributed by atoms with Crippen LogP contribution in [0.5, 0.6) is 11.5 Å². The first-order chi connectivity index (χ1) is 10.5. The maximum Gasteiger partial charge on any atom is 0.230 e. The van der Waals surface area contributed by atoms with E-state index in [2.05, 4.69) is 19.2 Å². The fraction of sp³-hybridized carbons (Fsp3) is 0.588. The number of methoxy groups -OCH3 is 1. The van der Waals surface area contributed by atoms with E-state index in [1.807, 2.05) is 18.2 Å². The number of benzene rings is 1. The van der Waals surface area contributed by atoms with Crippen LogP contribution in [0.15, 0.2) is 18.2 Å². The van der Waals surface area contributed by atoms with Crippen molar-refractivity contribution in [1.82, 2.24) is 5.32 Å². The molecular weight excluding hydrogens is 298 g/mol. The molecule has 3 rings (SSSR count). The summed E-state index contributed by atoms with van der Waals surface area (Å²) in [4.78, 5) is 11.9. The molecule has 22 heavy (non-hydrogen) atoms. The smallest absolute Gasteiger partial charge is 0.230 e. The van der Waals surface area contributed by atoms with E-state index >= 15 is 0 Å². The molecule has 0 spiro atoms. The summed E-state index contributed by atoms with van der Waals surface area (Å²) >= 11 is 1.69. The summed E-state index contributed by atoms with van der Waals surface area (Å²) in [5.74, 6) is 2.36. The molecule has 0 radical (unpaired) electrons. The highest BCUT2D eigenvalue weighted by molar-refractivity contribution is 8.00. The number of fused-ring (bicyclic) bond motifs is 1. The SMILES string of the molecule is COc1ccc2c(c1)C(SCC(=O)NC1CC1)CC(C)(C)O2. The van der Waals surface area contributed by atoms with Crippen molar-refractivity contribution in [2.75, 3.05) is 12.9 Å². The van der Waals surface area contributed by atoms with E-state index in [9.17, 15) is 4.79 Å². The molecule has 1 aliphatic carbocycles. The van der Waals surface area contributed by atoms with Gasteiger partial charge in [-0.1, -0.05) is 0 Å². The zero-order valence-corrected chi connectivity index (χ0v) is 14.2. The molecule has 1 fully saturated rings. The largest absolute Gasteiger partial charge is 0.497 e. The van der Waals surface area contributed by atoms with Crippen molar-refractivity contribution >= 4 is 17.7 Å². The lowest BCUT2D eigenvalue weighted by Gasteiger charge is -2.37. The van der Waals surface area contributed by atoms with Gasteiger partial charge in [0.25, 0.3) is 0 Å². The highest BCUT2D eigenvalue weighted by Gasteiger charge is 2.34. The fourth-order valence-corrected chi connectivity index (χ4v) is 4.03. The molecule has 4 nitrogen and oxygen atoms in total. The van der Waals surface area contributed by atoms with Crippen molar-refractivity contribution in [3.63, 3.8) is 0 Å². The Bertz CT molecular complexity index is 569. The van der Waals surface area contributed by atoms with Crippen molar-refractivity contribution in [3.05, 3.63) is 23.8 Å². The first-order valence-electron chi connectivity index (χ1n) is 7.75.